The van der Waals surface area contributed by atoms with Crippen molar-refractivity contribution in [1.29, 1.82) is 0 Å². The van der Waals surface area contributed by atoms with Crippen LogP contribution in [0.25, 0.3) is 0 Å². The molecule has 0 fully saturated rings. The molecule has 0 unspecified atom stereocenters. The molecular formula is C9H7F4NO4. The Labute approximate surface area is 98.1 Å². The summed E-state index contributed by atoms with van der Waals surface area (Å²) in [6.07, 6.45) is -4.48. The second kappa shape index (κ2) is 5.63. The van der Waals surface area contributed by atoms with E-state index < -0.39 is 36.0 Å². The molecule has 0 aromatic heterocycles. The van der Waals surface area contributed by atoms with E-state index in [0.29, 0.717) is 6.07 Å². The lowest BCUT2D eigenvalue weighted by molar-refractivity contribution is -0.387. The Morgan fingerprint density at radius 3 is 2.50 bits per heavy atom. The first kappa shape index (κ1) is 14.2. The molecule has 0 saturated heterocycles. The number of ether oxygens (including phenoxy) is 2. The number of nitrogens with zero attached hydrogens (tertiary/aromatic N) is 1. The van der Waals surface area contributed by atoms with Gasteiger partial charge in [0.2, 0.25) is 5.82 Å². The van der Waals surface area contributed by atoms with E-state index in [1.54, 1.807) is 0 Å². The predicted molar refractivity (Wildman–Crippen MR) is 50.6 cm³/mol. The highest BCUT2D eigenvalue weighted by molar-refractivity contribution is 5.37. The molecule has 0 heterocycles. The molecule has 1 rings (SSSR count). The molecule has 0 radical (unpaired) electrons. The average molecular weight is 269 g/mol. The van der Waals surface area contributed by atoms with Crippen LogP contribution in [-0.4, -0.2) is 24.5 Å². The number of hydrogen-bond acceptors (Lipinski definition) is 4. The molecule has 0 amide bonds. The van der Waals surface area contributed by atoms with Gasteiger partial charge in [-0.25, -0.2) is 0 Å². The Bertz CT molecular complexity index is 435. The zero-order valence-electron chi connectivity index (χ0n) is 8.74. The normalized spacial score (nSPS) is 11.3. The molecule has 0 spiro atoms. The van der Waals surface area contributed by atoms with Gasteiger partial charge in [0.1, 0.15) is 12.4 Å². The van der Waals surface area contributed by atoms with Crippen molar-refractivity contribution in [1.82, 2.24) is 0 Å². The molecule has 18 heavy (non-hydrogen) atoms. The summed E-state index contributed by atoms with van der Waals surface area (Å²) in [5, 5.41) is 10.3. The minimum Gasteiger partial charge on any atom is -0.467 e. The number of nitro benzene ring substituents is 1. The summed E-state index contributed by atoms with van der Waals surface area (Å²) < 4.78 is 56.8. The van der Waals surface area contributed by atoms with Crippen LogP contribution in [-0.2, 0) is 4.74 Å². The van der Waals surface area contributed by atoms with E-state index in [4.69, 9.17) is 0 Å². The van der Waals surface area contributed by atoms with Crippen molar-refractivity contribution >= 4 is 5.69 Å². The molecule has 0 N–H and O–H groups in total. The summed E-state index contributed by atoms with van der Waals surface area (Å²) in [4.78, 5) is 9.35. The summed E-state index contributed by atoms with van der Waals surface area (Å²) in [5.74, 6) is -1.31. The van der Waals surface area contributed by atoms with E-state index in [-0.39, 0.29) is 5.75 Å². The highest BCUT2D eigenvalue weighted by atomic mass is 19.4. The van der Waals surface area contributed by atoms with Gasteiger partial charge >= 0.3 is 11.9 Å². The van der Waals surface area contributed by atoms with Gasteiger partial charge in [-0.3, -0.25) is 10.1 Å². The van der Waals surface area contributed by atoms with E-state index in [2.05, 4.69) is 9.47 Å². The van der Waals surface area contributed by atoms with Crippen molar-refractivity contribution in [3.63, 3.8) is 0 Å². The molecule has 1 aromatic rings. The van der Waals surface area contributed by atoms with E-state index >= 15 is 0 Å². The van der Waals surface area contributed by atoms with Crippen LogP contribution < -0.4 is 4.74 Å². The highest BCUT2D eigenvalue weighted by Crippen LogP contribution is 2.22. The molecule has 1 aromatic carbocycles. The Balaban J connectivity index is 2.49. The number of hydrogen-bond donors (Lipinski definition) is 0. The Kier molecular flexibility index (Phi) is 4.43. The number of alkyl halides is 3. The van der Waals surface area contributed by atoms with Crippen LogP contribution in [0.4, 0.5) is 23.2 Å². The molecule has 0 saturated carbocycles. The Morgan fingerprint density at radius 2 is 2.00 bits per heavy atom. The lowest BCUT2D eigenvalue weighted by Gasteiger charge is -2.09. The van der Waals surface area contributed by atoms with Crippen LogP contribution in [0, 0.1) is 15.9 Å². The third-order valence-corrected chi connectivity index (χ3v) is 1.69. The minimum absolute atomic E-state index is 0.166. The standard InChI is InChI=1S/C9H7F4NO4/c10-7-3-6(1-2-8(7)14(15)16)18-5-17-4-9(11,12)13/h1-3H,4-5H2. The molecule has 0 bridgehead atoms. The van der Waals surface area contributed by atoms with Crippen molar-refractivity contribution in [3.8, 4) is 5.75 Å². The largest absolute Gasteiger partial charge is 0.467 e. The van der Waals surface area contributed by atoms with Gasteiger partial charge < -0.3 is 9.47 Å². The molecule has 100 valence electrons. The Morgan fingerprint density at radius 1 is 1.33 bits per heavy atom. The van der Waals surface area contributed by atoms with E-state index in [9.17, 15) is 27.7 Å². The fourth-order valence-corrected chi connectivity index (χ4v) is 0.993. The summed E-state index contributed by atoms with van der Waals surface area (Å²) in [7, 11) is 0. The van der Waals surface area contributed by atoms with Crippen LogP contribution >= 0.6 is 0 Å². The first-order valence-corrected chi connectivity index (χ1v) is 4.51. The van der Waals surface area contributed by atoms with E-state index in [1.807, 2.05) is 0 Å². The van der Waals surface area contributed by atoms with E-state index in [1.165, 1.54) is 0 Å². The smallest absolute Gasteiger partial charge is 0.411 e. The molecule has 5 nitrogen and oxygen atoms in total. The fraction of sp³-hybridized carbons (Fsp3) is 0.333. The predicted octanol–water partition coefficient (Wildman–Crippen LogP) is 2.65. The maximum Gasteiger partial charge on any atom is 0.411 e. The van der Waals surface area contributed by atoms with Crippen LogP contribution in [0.5, 0.6) is 5.75 Å². The minimum atomic E-state index is -4.48. The molecular weight excluding hydrogens is 262 g/mol. The van der Waals surface area contributed by atoms with Gasteiger partial charge in [-0.2, -0.15) is 17.6 Å². The van der Waals surface area contributed by atoms with Crippen LogP contribution in [0.3, 0.4) is 0 Å². The van der Waals surface area contributed by atoms with Gasteiger partial charge in [0.15, 0.2) is 6.79 Å². The van der Waals surface area contributed by atoms with Gasteiger partial charge in [0, 0.05) is 12.1 Å². The zero-order valence-corrected chi connectivity index (χ0v) is 8.74. The Hall–Kier alpha value is -1.90. The average Bonchev–Trinajstić information content (AvgIpc) is 2.22. The van der Waals surface area contributed by atoms with Gasteiger partial charge in [-0.15, -0.1) is 0 Å². The van der Waals surface area contributed by atoms with Crippen molar-refractivity contribution in [2.45, 2.75) is 6.18 Å². The van der Waals surface area contributed by atoms with Gasteiger partial charge in [-0.1, -0.05) is 0 Å². The summed E-state index contributed by atoms with van der Waals surface area (Å²) in [6, 6.07) is 2.58. The van der Waals surface area contributed by atoms with Crippen molar-refractivity contribution in [2.24, 2.45) is 0 Å². The number of halogens is 4. The second-order valence-electron chi connectivity index (χ2n) is 3.10. The maximum absolute atomic E-state index is 13.1. The molecule has 0 aliphatic carbocycles. The monoisotopic (exact) mass is 269 g/mol. The van der Waals surface area contributed by atoms with Crippen molar-refractivity contribution in [3.05, 3.63) is 34.1 Å². The van der Waals surface area contributed by atoms with Crippen molar-refractivity contribution in [2.75, 3.05) is 13.4 Å². The fourth-order valence-electron chi connectivity index (χ4n) is 0.993. The summed E-state index contributed by atoms with van der Waals surface area (Å²) in [5.41, 5.74) is -0.751. The maximum atomic E-state index is 13.1. The topological polar surface area (TPSA) is 61.6 Å². The number of nitro groups is 1. The lowest BCUT2D eigenvalue weighted by atomic mass is 10.3. The third-order valence-electron chi connectivity index (χ3n) is 1.69. The van der Waals surface area contributed by atoms with Gasteiger partial charge in [-0.05, 0) is 6.07 Å². The van der Waals surface area contributed by atoms with E-state index in [0.717, 1.165) is 12.1 Å². The zero-order chi connectivity index (χ0) is 13.8. The third kappa shape index (κ3) is 4.53. The summed E-state index contributed by atoms with van der Waals surface area (Å²) >= 11 is 0. The second-order valence-corrected chi connectivity index (χ2v) is 3.10. The lowest BCUT2D eigenvalue weighted by Crippen LogP contribution is -2.19. The molecule has 0 aliphatic heterocycles. The molecule has 0 atom stereocenters. The first-order chi connectivity index (χ1) is 8.29. The summed E-state index contributed by atoms with van der Waals surface area (Å²) in [6.45, 7) is -2.24. The SMILES string of the molecule is O=[N+]([O-])c1ccc(OCOCC(F)(F)F)cc1F. The number of rotatable bonds is 5. The van der Waals surface area contributed by atoms with Crippen LogP contribution in [0.1, 0.15) is 0 Å². The van der Waals surface area contributed by atoms with Crippen LogP contribution in [0.15, 0.2) is 18.2 Å². The van der Waals surface area contributed by atoms with Gasteiger partial charge in [0.05, 0.1) is 4.92 Å². The first-order valence-electron chi connectivity index (χ1n) is 4.51. The van der Waals surface area contributed by atoms with Crippen LogP contribution in [0.2, 0.25) is 0 Å². The number of benzene rings is 1. The molecule has 9 heteroatoms. The highest BCUT2D eigenvalue weighted by Gasteiger charge is 2.27. The quantitative estimate of drug-likeness (QED) is 0.271. The van der Waals surface area contributed by atoms with Gasteiger partial charge in [0.25, 0.3) is 0 Å². The van der Waals surface area contributed by atoms with Crippen molar-refractivity contribution < 1.29 is 32.0 Å². The molecule has 0 aliphatic rings.